The fourth-order valence-corrected chi connectivity index (χ4v) is 1.58. The molecule has 1 rings (SSSR count). The van der Waals surface area contributed by atoms with Crippen LogP contribution in [0.1, 0.15) is 19.8 Å². The van der Waals surface area contributed by atoms with E-state index in [1.807, 2.05) is 0 Å². The second kappa shape index (κ2) is 6.10. The van der Waals surface area contributed by atoms with Crippen LogP contribution >= 0.6 is 0 Å². The summed E-state index contributed by atoms with van der Waals surface area (Å²) in [6.45, 7) is 3.75. The van der Waals surface area contributed by atoms with Crippen LogP contribution in [-0.2, 0) is 0 Å². The summed E-state index contributed by atoms with van der Waals surface area (Å²) in [4.78, 5) is 2.14. The maximum atomic E-state index is 12.7. The molecule has 3 nitrogen and oxygen atoms in total. The Morgan fingerprint density at radius 3 is 2.50 bits per heavy atom. The molecule has 1 aromatic rings. The number of amidine groups is 1. The molecular weight excluding hydrogens is 205 g/mol. The van der Waals surface area contributed by atoms with Crippen LogP contribution in [0.3, 0.4) is 0 Å². The largest absolute Gasteiger partial charge is 0.388 e. The Kier molecular flexibility index (Phi) is 4.76. The van der Waals surface area contributed by atoms with Gasteiger partial charge in [0.1, 0.15) is 5.82 Å². The predicted octanol–water partition coefficient (Wildman–Crippen LogP) is 2.37. The first-order valence-corrected chi connectivity index (χ1v) is 5.47. The molecule has 0 aliphatic carbocycles. The molecular formula is C12H18FN3. The summed E-state index contributed by atoms with van der Waals surface area (Å²) in [5.74, 6) is -0.00121. The van der Waals surface area contributed by atoms with Gasteiger partial charge in [-0.3, -0.25) is 5.41 Å². The highest BCUT2D eigenvalue weighted by molar-refractivity contribution is 5.76. The lowest BCUT2D eigenvalue weighted by Crippen LogP contribution is -2.25. The average Bonchev–Trinajstić information content (AvgIpc) is 2.26. The molecule has 4 heteroatoms. The number of nitrogens with two attached hydrogens (primary N) is 1. The second-order valence-electron chi connectivity index (χ2n) is 3.68. The molecule has 1 aromatic carbocycles. The van der Waals surface area contributed by atoms with Crippen LogP contribution in [0, 0.1) is 11.2 Å². The summed E-state index contributed by atoms with van der Waals surface area (Å²) >= 11 is 0. The number of nitrogens with zero attached hydrogens (tertiary/aromatic N) is 1. The molecule has 0 spiro atoms. The molecule has 0 saturated heterocycles. The summed E-state index contributed by atoms with van der Waals surface area (Å²) in [6.07, 6.45) is 1.46. The topological polar surface area (TPSA) is 53.1 Å². The lowest BCUT2D eigenvalue weighted by molar-refractivity contribution is 0.627. The monoisotopic (exact) mass is 223 g/mol. The molecule has 0 bridgehead atoms. The quantitative estimate of drug-likeness (QED) is 0.574. The average molecular weight is 223 g/mol. The number of nitrogens with one attached hydrogen (secondary N) is 1. The van der Waals surface area contributed by atoms with E-state index in [9.17, 15) is 4.39 Å². The number of hydrogen-bond donors (Lipinski definition) is 2. The Morgan fingerprint density at radius 1 is 1.38 bits per heavy atom. The van der Waals surface area contributed by atoms with Crippen LogP contribution < -0.4 is 10.6 Å². The Morgan fingerprint density at radius 2 is 2.00 bits per heavy atom. The van der Waals surface area contributed by atoms with Gasteiger partial charge in [-0.2, -0.15) is 0 Å². The number of benzene rings is 1. The van der Waals surface area contributed by atoms with Gasteiger partial charge in [-0.15, -0.1) is 0 Å². The maximum Gasteiger partial charge on any atom is 0.123 e. The van der Waals surface area contributed by atoms with Crippen molar-refractivity contribution in [2.45, 2.75) is 19.8 Å². The normalized spacial score (nSPS) is 10.1. The van der Waals surface area contributed by atoms with Gasteiger partial charge in [0.05, 0.1) is 5.84 Å². The van der Waals surface area contributed by atoms with Gasteiger partial charge in [0.2, 0.25) is 0 Å². The number of rotatable bonds is 6. The van der Waals surface area contributed by atoms with E-state index in [4.69, 9.17) is 11.1 Å². The van der Waals surface area contributed by atoms with Crippen molar-refractivity contribution in [3.63, 3.8) is 0 Å². The van der Waals surface area contributed by atoms with Crippen LogP contribution in [0.4, 0.5) is 10.1 Å². The molecule has 0 aliphatic heterocycles. The molecule has 0 radical (unpaired) electrons. The van der Waals surface area contributed by atoms with Crippen LogP contribution in [-0.4, -0.2) is 18.9 Å². The lowest BCUT2D eigenvalue weighted by Gasteiger charge is -2.22. The summed E-state index contributed by atoms with van der Waals surface area (Å²) in [7, 11) is 0. The minimum Gasteiger partial charge on any atom is -0.388 e. The minimum absolute atomic E-state index is 0.218. The first-order chi connectivity index (χ1) is 7.63. The molecule has 88 valence electrons. The van der Waals surface area contributed by atoms with E-state index in [0.717, 1.165) is 25.2 Å². The zero-order chi connectivity index (χ0) is 12.0. The molecule has 0 saturated carbocycles. The summed E-state index contributed by atoms with van der Waals surface area (Å²) in [6, 6.07) is 6.46. The number of anilines is 1. The summed E-state index contributed by atoms with van der Waals surface area (Å²) in [5, 5.41) is 7.14. The first-order valence-electron chi connectivity index (χ1n) is 5.47. The molecule has 0 heterocycles. The molecule has 0 amide bonds. The molecule has 0 aromatic heterocycles. The van der Waals surface area contributed by atoms with Crippen LogP contribution in [0.5, 0.6) is 0 Å². The maximum absolute atomic E-state index is 12.7. The Balaban J connectivity index is 2.53. The second-order valence-corrected chi connectivity index (χ2v) is 3.68. The van der Waals surface area contributed by atoms with Crippen molar-refractivity contribution < 1.29 is 4.39 Å². The Hall–Kier alpha value is -1.58. The van der Waals surface area contributed by atoms with Crippen LogP contribution in [0.15, 0.2) is 24.3 Å². The van der Waals surface area contributed by atoms with E-state index in [1.165, 1.54) is 12.1 Å². The van der Waals surface area contributed by atoms with Crippen molar-refractivity contribution in [2.24, 2.45) is 5.73 Å². The fraction of sp³-hybridized carbons (Fsp3) is 0.417. The molecule has 0 fully saturated rings. The minimum atomic E-state index is -0.219. The van der Waals surface area contributed by atoms with Crippen molar-refractivity contribution in [2.75, 3.05) is 18.0 Å². The van der Waals surface area contributed by atoms with Crippen molar-refractivity contribution in [1.82, 2.24) is 0 Å². The van der Waals surface area contributed by atoms with E-state index >= 15 is 0 Å². The third-order valence-corrected chi connectivity index (χ3v) is 2.45. The van der Waals surface area contributed by atoms with Gasteiger partial charge in [-0.05, 0) is 37.6 Å². The summed E-state index contributed by atoms with van der Waals surface area (Å²) in [5.41, 5.74) is 6.30. The van der Waals surface area contributed by atoms with Crippen molar-refractivity contribution in [3.8, 4) is 0 Å². The lowest BCUT2D eigenvalue weighted by atomic mass is 10.2. The highest BCUT2D eigenvalue weighted by atomic mass is 19.1. The van der Waals surface area contributed by atoms with Gasteiger partial charge in [-0.25, -0.2) is 4.39 Å². The van der Waals surface area contributed by atoms with Gasteiger partial charge in [0.15, 0.2) is 0 Å². The molecule has 3 N–H and O–H groups in total. The van der Waals surface area contributed by atoms with Crippen molar-refractivity contribution in [1.29, 1.82) is 5.41 Å². The standard InChI is InChI=1S/C12H18FN3/c1-2-16(9-3-4-12(14)15)11-7-5-10(13)6-8-11/h5-8H,2-4,9H2,1H3,(H3,14,15). The van der Waals surface area contributed by atoms with E-state index in [-0.39, 0.29) is 11.7 Å². The Labute approximate surface area is 95.6 Å². The highest BCUT2D eigenvalue weighted by Crippen LogP contribution is 2.15. The SMILES string of the molecule is CCN(CCCC(=N)N)c1ccc(F)cc1. The van der Waals surface area contributed by atoms with E-state index in [0.29, 0.717) is 6.42 Å². The van der Waals surface area contributed by atoms with E-state index in [2.05, 4.69) is 11.8 Å². The third-order valence-electron chi connectivity index (χ3n) is 2.45. The van der Waals surface area contributed by atoms with Crippen LogP contribution in [0.25, 0.3) is 0 Å². The molecule has 0 unspecified atom stereocenters. The van der Waals surface area contributed by atoms with Gasteiger partial charge >= 0.3 is 0 Å². The summed E-state index contributed by atoms with van der Waals surface area (Å²) < 4.78 is 12.7. The smallest absolute Gasteiger partial charge is 0.123 e. The third kappa shape index (κ3) is 3.88. The van der Waals surface area contributed by atoms with Gasteiger partial charge in [0, 0.05) is 25.2 Å². The zero-order valence-electron chi connectivity index (χ0n) is 9.54. The molecule has 0 aliphatic rings. The van der Waals surface area contributed by atoms with Gasteiger partial charge in [-0.1, -0.05) is 0 Å². The number of hydrogen-bond acceptors (Lipinski definition) is 2. The zero-order valence-corrected chi connectivity index (χ0v) is 9.54. The van der Waals surface area contributed by atoms with Crippen molar-refractivity contribution in [3.05, 3.63) is 30.1 Å². The van der Waals surface area contributed by atoms with E-state index < -0.39 is 0 Å². The van der Waals surface area contributed by atoms with Gasteiger partial charge < -0.3 is 10.6 Å². The van der Waals surface area contributed by atoms with E-state index in [1.54, 1.807) is 12.1 Å². The molecule has 16 heavy (non-hydrogen) atoms. The van der Waals surface area contributed by atoms with Crippen LogP contribution in [0.2, 0.25) is 0 Å². The fourth-order valence-electron chi connectivity index (χ4n) is 1.58. The Bertz CT molecular complexity index is 335. The predicted molar refractivity (Wildman–Crippen MR) is 65.4 cm³/mol. The molecule has 0 atom stereocenters. The van der Waals surface area contributed by atoms with Crippen molar-refractivity contribution >= 4 is 11.5 Å². The number of halogens is 1. The highest BCUT2D eigenvalue weighted by Gasteiger charge is 2.04. The van der Waals surface area contributed by atoms with Gasteiger partial charge in [0.25, 0.3) is 0 Å². The first kappa shape index (κ1) is 12.5.